The summed E-state index contributed by atoms with van der Waals surface area (Å²) in [6.07, 6.45) is 1.09. The normalized spacial score (nSPS) is 10.4. The van der Waals surface area contributed by atoms with Crippen LogP contribution in [0, 0.1) is 0 Å². The molecule has 0 radical (unpaired) electrons. The van der Waals surface area contributed by atoms with Crippen LogP contribution in [0.25, 0.3) is 0 Å². The molecule has 17 heavy (non-hydrogen) atoms. The van der Waals surface area contributed by atoms with Gasteiger partial charge in [-0.05, 0) is 44.5 Å². The standard InChI is InChI=1S/C14H22N2O/c1-5-10-15-13-8-6-12(7-9-13)14(17)16(4)11(2)3/h6-9,11,15H,5,10H2,1-4H3. The number of rotatable bonds is 5. The van der Waals surface area contributed by atoms with Gasteiger partial charge in [-0.2, -0.15) is 0 Å². The molecule has 0 heterocycles. The molecule has 1 amide bonds. The Balaban J connectivity index is 2.70. The van der Waals surface area contributed by atoms with E-state index in [2.05, 4.69) is 12.2 Å². The van der Waals surface area contributed by atoms with E-state index in [4.69, 9.17) is 0 Å². The molecule has 0 aliphatic rings. The number of carbonyl (C=O) groups excluding carboxylic acids is 1. The van der Waals surface area contributed by atoms with Crippen molar-refractivity contribution in [3.05, 3.63) is 29.8 Å². The molecule has 0 saturated heterocycles. The smallest absolute Gasteiger partial charge is 0.253 e. The number of benzene rings is 1. The second kappa shape index (κ2) is 6.28. The molecule has 0 unspecified atom stereocenters. The zero-order valence-electron chi connectivity index (χ0n) is 11.2. The van der Waals surface area contributed by atoms with Crippen LogP contribution in [0.2, 0.25) is 0 Å². The molecule has 1 aromatic rings. The zero-order chi connectivity index (χ0) is 12.8. The first kappa shape index (κ1) is 13.6. The minimum absolute atomic E-state index is 0.0713. The van der Waals surface area contributed by atoms with Crippen molar-refractivity contribution in [2.45, 2.75) is 33.2 Å². The summed E-state index contributed by atoms with van der Waals surface area (Å²) in [4.78, 5) is 13.8. The molecule has 1 aromatic carbocycles. The van der Waals surface area contributed by atoms with Crippen molar-refractivity contribution in [3.8, 4) is 0 Å². The molecule has 0 spiro atoms. The van der Waals surface area contributed by atoms with Crippen LogP contribution in [-0.2, 0) is 0 Å². The molecule has 0 atom stereocenters. The summed E-state index contributed by atoms with van der Waals surface area (Å²) in [5, 5.41) is 3.29. The Hall–Kier alpha value is -1.51. The number of nitrogens with zero attached hydrogens (tertiary/aromatic N) is 1. The molecule has 0 fully saturated rings. The maximum absolute atomic E-state index is 12.0. The van der Waals surface area contributed by atoms with Crippen molar-refractivity contribution in [2.75, 3.05) is 18.9 Å². The highest BCUT2D eigenvalue weighted by Gasteiger charge is 2.13. The van der Waals surface area contributed by atoms with Gasteiger partial charge >= 0.3 is 0 Å². The molecule has 3 nitrogen and oxygen atoms in total. The molecular weight excluding hydrogens is 212 g/mol. The van der Waals surface area contributed by atoms with E-state index in [-0.39, 0.29) is 11.9 Å². The van der Waals surface area contributed by atoms with E-state index in [0.717, 1.165) is 24.2 Å². The molecule has 94 valence electrons. The van der Waals surface area contributed by atoms with E-state index < -0.39 is 0 Å². The van der Waals surface area contributed by atoms with Gasteiger partial charge in [0.05, 0.1) is 0 Å². The minimum Gasteiger partial charge on any atom is -0.385 e. The SMILES string of the molecule is CCCNc1ccc(C(=O)N(C)C(C)C)cc1. The van der Waals surface area contributed by atoms with E-state index in [1.807, 2.05) is 45.2 Å². The lowest BCUT2D eigenvalue weighted by molar-refractivity contribution is 0.0755. The zero-order valence-corrected chi connectivity index (χ0v) is 11.2. The lowest BCUT2D eigenvalue weighted by Gasteiger charge is -2.21. The van der Waals surface area contributed by atoms with Crippen LogP contribution in [0.5, 0.6) is 0 Å². The molecule has 1 N–H and O–H groups in total. The first-order valence-corrected chi connectivity index (χ1v) is 6.17. The van der Waals surface area contributed by atoms with Gasteiger partial charge in [0.25, 0.3) is 5.91 Å². The van der Waals surface area contributed by atoms with Crippen LogP contribution in [0.3, 0.4) is 0 Å². The number of anilines is 1. The fourth-order valence-corrected chi connectivity index (χ4v) is 1.44. The quantitative estimate of drug-likeness (QED) is 0.849. The van der Waals surface area contributed by atoms with E-state index in [9.17, 15) is 4.79 Å². The van der Waals surface area contributed by atoms with Gasteiger partial charge in [0.2, 0.25) is 0 Å². The molecular formula is C14H22N2O. The van der Waals surface area contributed by atoms with Gasteiger partial charge in [0, 0.05) is 30.9 Å². The van der Waals surface area contributed by atoms with E-state index in [1.165, 1.54) is 0 Å². The average Bonchev–Trinajstić information content (AvgIpc) is 2.35. The third-order valence-corrected chi connectivity index (χ3v) is 2.81. The highest BCUT2D eigenvalue weighted by molar-refractivity contribution is 5.94. The summed E-state index contributed by atoms with van der Waals surface area (Å²) in [7, 11) is 1.83. The predicted octanol–water partition coefficient (Wildman–Crippen LogP) is 2.99. The number of hydrogen-bond acceptors (Lipinski definition) is 2. The molecule has 0 saturated carbocycles. The number of carbonyl (C=O) groups is 1. The monoisotopic (exact) mass is 234 g/mol. The maximum atomic E-state index is 12.0. The number of amides is 1. The summed E-state index contributed by atoms with van der Waals surface area (Å²) in [6, 6.07) is 7.88. The van der Waals surface area contributed by atoms with Crippen molar-refractivity contribution in [3.63, 3.8) is 0 Å². The summed E-state index contributed by atoms with van der Waals surface area (Å²) in [5.74, 6) is 0.0713. The molecule has 0 bridgehead atoms. The van der Waals surface area contributed by atoms with Crippen LogP contribution in [0.4, 0.5) is 5.69 Å². The van der Waals surface area contributed by atoms with Gasteiger partial charge < -0.3 is 10.2 Å². The van der Waals surface area contributed by atoms with Crippen LogP contribution in [0.1, 0.15) is 37.6 Å². The average molecular weight is 234 g/mol. The van der Waals surface area contributed by atoms with Crippen molar-refractivity contribution in [1.29, 1.82) is 0 Å². The molecule has 1 rings (SSSR count). The van der Waals surface area contributed by atoms with E-state index in [1.54, 1.807) is 4.90 Å². The number of hydrogen-bond donors (Lipinski definition) is 1. The Morgan fingerprint density at radius 3 is 2.35 bits per heavy atom. The Kier molecular flexibility index (Phi) is 5.01. The van der Waals surface area contributed by atoms with Crippen LogP contribution in [0.15, 0.2) is 24.3 Å². The Bertz CT molecular complexity index is 357. The fourth-order valence-electron chi connectivity index (χ4n) is 1.44. The highest BCUT2D eigenvalue weighted by Crippen LogP contribution is 2.12. The second-order valence-corrected chi connectivity index (χ2v) is 4.51. The fraction of sp³-hybridized carbons (Fsp3) is 0.500. The summed E-state index contributed by atoms with van der Waals surface area (Å²) < 4.78 is 0. The van der Waals surface area contributed by atoms with Crippen molar-refractivity contribution in [2.24, 2.45) is 0 Å². The maximum Gasteiger partial charge on any atom is 0.253 e. The van der Waals surface area contributed by atoms with Gasteiger partial charge in [0.15, 0.2) is 0 Å². The first-order valence-electron chi connectivity index (χ1n) is 6.17. The second-order valence-electron chi connectivity index (χ2n) is 4.51. The lowest BCUT2D eigenvalue weighted by atomic mass is 10.1. The van der Waals surface area contributed by atoms with Crippen molar-refractivity contribution >= 4 is 11.6 Å². The minimum atomic E-state index is 0.0713. The van der Waals surface area contributed by atoms with Crippen LogP contribution in [-0.4, -0.2) is 30.4 Å². The van der Waals surface area contributed by atoms with Crippen molar-refractivity contribution < 1.29 is 4.79 Å². The Morgan fingerprint density at radius 2 is 1.88 bits per heavy atom. The topological polar surface area (TPSA) is 32.3 Å². The predicted molar refractivity (Wildman–Crippen MR) is 72.5 cm³/mol. The Morgan fingerprint density at radius 1 is 1.29 bits per heavy atom. The van der Waals surface area contributed by atoms with E-state index in [0.29, 0.717) is 0 Å². The van der Waals surface area contributed by atoms with Gasteiger partial charge in [-0.1, -0.05) is 6.92 Å². The summed E-state index contributed by atoms with van der Waals surface area (Å²) in [5.41, 5.74) is 1.80. The summed E-state index contributed by atoms with van der Waals surface area (Å²) >= 11 is 0. The van der Waals surface area contributed by atoms with Gasteiger partial charge in [-0.3, -0.25) is 4.79 Å². The van der Waals surface area contributed by atoms with Crippen LogP contribution >= 0.6 is 0 Å². The van der Waals surface area contributed by atoms with Crippen LogP contribution < -0.4 is 5.32 Å². The number of nitrogens with one attached hydrogen (secondary N) is 1. The largest absolute Gasteiger partial charge is 0.385 e. The molecule has 0 aromatic heterocycles. The third kappa shape index (κ3) is 3.77. The van der Waals surface area contributed by atoms with Crippen molar-refractivity contribution in [1.82, 2.24) is 4.90 Å². The van der Waals surface area contributed by atoms with Gasteiger partial charge in [0.1, 0.15) is 0 Å². The molecule has 0 aliphatic carbocycles. The lowest BCUT2D eigenvalue weighted by Crippen LogP contribution is -2.32. The highest BCUT2D eigenvalue weighted by atomic mass is 16.2. The summed E-state index contributed by atoms with van der Waals surface area (Å²) in [6.45, 7) is 7.10. The molecule has 3 heteroatoms. The van der Waals surface area contributed by atoms with E-state index >= 15 is 0 Å². The van der Waals surface area contributed by atoms with Gasteiger partial charge in [-0.15, -0.1) is 0 Å². The molecule has 0 aliphatic heterocycles. The Labute approximate surface area is 104 Å². The van der Waals surface area contributed by atoms with Gasteiger partial charge in [-0.25, -0.2) is 0 Å². The third-order valence-electron chi connectivity index (χ3n) is 2.81. The first-order chi connectivity index (χ1) is 8.06.